The van der Waals surface area contributed by atoms with Gasteiger partial charge >= 0.3 is 0 Å². The van der Waals surface area contributed by atoms with Crippen molar-refractivity contribution in [1.82, 2.24) is 4.90 Å². The summed E-state index contributed by atoms with van der Waals surface area (Å²) < 4.78 is 0. The largest absolute Gasteiger partial charge is 0.306 e. The van der Waals surface area contributed by atoms with Crippen LogP contribution in [0.15, 0.2) is 0 Å². The van der Waals surface area contributed by atoms with Gasteiger partial charge < -0.3 is 4.90 Å². The summed E-state index contributed by atoms with van der Waals surface area (Å²) in [7, 11) is 2.28. The number of rotatable bonds is 7. The average Bonchev–Trinajstić information content (AvgIpc) is 2.28. The molecule has 0 bridgehead atoms. The number of halogens is 1. The first-order valence-electron chi connectivity index (χ1n) is 6.97. The Morgan fingerprint density at radius 3 is 2.50 bits per heavy atom. The van der Waals surface area contributed by atoms with E-state index < -0.39 is 0 Å². The molecule has 0 aromatic carbocycles. The highest BCUT2D eigenvalue weighted by molar-refractivity contribution is 6.17. The molecule has 1 nitrogen and oxygen atoms in total. The molecule has 0 N–H and O–H groups in total. The van der Waals surface area contributed by atoms with Crippen LogP contribution in [0.25, 0.3) is 0 Å². The second kappa shape index (κ2) is 8.36. The number of alkyl halides is 1. The lowest BCUT2D eigenvalue weighted by Gasteiger charge is -2.27. The van der Waals surface area contributed by atoms with Crippen molar-refractivity contribution in [2.75, 3.05) is 26.0 Å². The highest BCUT2D eigenvalue weighted by Gasteiger charge is 2.15. The van der Waals surface area contributed by atoms with Crippen molar-refractivity contribution >= 4 is 11.6 Å². The first-order chi connectivity index (χ1) is 7.72. The van der Waals surface area contributed by atoms with Crippen molar-refractivity contribution in [3.05, 3.63) is 0 Å². The third kappa shape index (κ3) is 6.10. The van der Waals surface area contributed by atoms with Gasteiger partial charge in [0.05, 0.1) is 0 Å². The van der Waals surface area contributed by atoms with Crippen LogP contribution in [0, 0.1) is 11.8 Å². The Hall–Kier alpha value is 0.250. The number of hydrogen-bond acceptors (Lipinski definition) is 1. The summed E-state index contributed by atoms with van der Waals surface area (Å²) in [6, 6.07) is 0. The molecule has 0 aromatic rings. The minimum atomic E-state index is 0.784. The fourth-order valence-electron chi connectivity index (χ4n) is 2.67. The number of hydrogen-bond donors (Lipinski definition) is 0. The summed E-state index contributed by atoms with van der Waals surface area (Å²) in [5.74, 6) is 2.57. The van der Waals surface area contributed by atoms with Crippen LogP contribution in [0.4, 0.5) is 0 Å². The van der Waals surface area contributed by atoms with E-state index in [0.717, 1.165) is 17.7 Å². The van der Waals surface area contributed by atoms with Crippen molar-refractivity contribution < 1.29 is 0 Å². The first kappa shape index (κ1) is 14.3. The molecule has 2 heteroatoms. The SMILES string of the molecule is CC(CCCl)CCN(C)CC1CCCCC1. The Kier molecular flexibility index (Phi) is 7.47. The second-order valence-corrected chi connectivity index (χ2v) is 6.02. The molecule has 0 aromatic heterocycles. The maximum Gasteiger partial charge on any atom is 0.0225 e. The molecule has 1 fully saturated rings. The van der Waals surface area contributed by atoms with E-state index in [-0.39, 0.29) is 0 Å². The van der Waals surface area contributed by atoms with Crippen LogP contribution < -0.4 is 0 Å². The molecule has 1 unspecified atom stereocenters. The summed E-state index contributed by atoms with van der Waals surface area (Å²) in [6.07, 6.45) is 9.77. The topological polar surface area (TPSA) is 3.24 Å². The van der Waals surface area contributed by atoms with E-state index in [0.29, 0.717) is 0 Å². The predicted molar refractivity (Wildman–Crippen MR) is 73.2 cm³/mol. The van der Waals surface area contributed by atoms with Crippen molar-refractivity contribution in [3.8, 4) is 0 Å². The van der Waals surface area contributed by atoms with Gasteiger partial charge in [-0.2, -0.15) is 0 Å². The van der Waals surface area contributed by atoms with Crippen molar-refractivity contribution in [2.24, 2.45) is 11.8 Å². The van der Waals surface area contributed by atoms with Gasteiger partial charge in [0.2, 0.25) is 0 Å². The minimum absolute atomic E-state index is 0.784. The Morgan fingerprint density at radius 1 is 1.19 bits per heavy atom. The van der Waals surface area contributed by atoms with Gasteiger partial charge in [-0.25, -0.2) is 0 Å². The molecule has 1 saturated carbocycles. The van der Waals surface area contributed by atoms with Gasteiger partial charge in [-0.3, -0.25) is 0 Å². The maximum absolute atomic E-state index is 5.75. The highest BCUT2D eigenvalue weighted by Crippen LogP contribution is 2.24. The summed E-state index contributed by atoms with van der Waals surface area (Å²) in [5, 5.41) is 0. The Balaban J connectivity index is 2.07. The normalized spacial score (nSPS) is 20.2. The third-order valence-electron chi connectivity index (χ3n) is 3.90. The van der Waals surface area contributed by atoms with Gasteiger partial charge in [0.1, 0.15) is 0 Å². The molecule has 0 radical (unpaired) electrons. The van der Waals surface area contributed by atoms with Crippen molar-refractivity contribution in [3.63, 3.8) is 0 Å². The maximum atomic E-state index is 5.75. The molecule has 1 rings (SSSR count). The minimum Gasteiger partial charge on any atom is -0.306 e. The summed E-state index contributed by atoms with van der Waals surface area (Å²) in [6.45, 7) is 4.87. The second-order valence-electron chi connectivity index (χ2n) is 5.64. The van der Waals surface area contributed by atoms with Crippen molar-refractivity contribution in [2.45, 2.75) is 51.9 Å². The molecule has 0 saturated heterocycles. The Labute approximate surface area is 107 Å². The van der Waals surface area contributed by atoms with Crippen LogP contribution in [0.2, 0.25) is 0 Å². The average molecular weight is 246 g/mol. The summed E-state index contributed by atoms with van der Waals surface area (Å²) in [5.41, 5.74) is 0. The van der Waals surface area contributed by atoms with E-state index in [1.807, 2.05) is 0 Å². The molecule has 0 aliphatic heterocycles. The van der Waals surface area contributed by atoms with Gasteiger partial charge in [-0.15, -0.1) is 11.6 Å². The highest BCUT2D eigenvalue weighted by atomic mass is 35.5. The van der Waals surface area contributed by atoms with E-state index in [1.165, 1.54) is 58.0 Å². The molecular weight excluding hydrogens is 218 g/mol. The fourth-order valence-corrected chi connectivity index (χ4v) is 3.05. The summed E-state index contributed by atoms with van der Waals surface area (Å²) in [4.78, 5) is 2.53. The molecule has 96 valence electrons. The fraction of sp³-hybridized carbons (Fsp3) is 1.00. The lowest BCUT2D eigenvalue weighted by Crippen LogP contribution is -2.28. The van der Waals surface area contributed by atoms with Crippen LogP contribution >= 0.6 is 11.6 Å². The van der Waals surface area contributed by atoms with E-state index in [2.05, 4.69) is 18.9 Å². The first-order valence-corrected chi connectivity index (χ1v) is 7.50. The molecule has 0 heterocycles. The zero-order chi connectivity index (χ0) is 11.8. The van der Waals surface area contributed by atoms with E-state index in [1.54, 1.807) is 0 Å². The lowest BCUT2D eigenvalue weighted by atomic mass is 9.89. The molecule has 1 aliphatic carbocycles. The van der Waals surface area contributed by atoms with Crippen molar-refractivity contribution in [1.29, 1.82) is 0 Å². The van der Waals surface area contributed by atoms with E-state index in [4.69, 9.17) is 11.6 Å². The van der Waals surface area contributed by atoms with Crippen LogP contribution in [-0.4, -0.2) is 30.9 Å². The predicted octanol–water partition coefficient (Wildman–Crippen LogP) is 4.15. The zero-order valence-corrected chi connectivity index (χ0v) is 11.8. The van der Waals surface area contributed by atoms with Gasteiger partial charge in [0, 0.05) is 12.4 Å². The van der Waals surface area contributed by atoms with Gasteiger partial charge in [0.25, 0.3) is 0 Å². The van der Waals surface area contributed by atoms with Crippen LogP contribution in [0.5, 0.6) is 0 Å². The van der Waals surface area contributed by atoms with Gasteiger partial charge in [-0.1, -0.05) is 26.2 Å². The monoisotopic (exact) mass is 245 g/mol. The standard InChI is InChI=1S/C14H28ClN/c1-13(8-10-15)9-11-16(2)12-14-6-4-3-5-7-14/h13-14H,3-12H2,1-2H3. The molecular formula is C14H28ClN. The van der Waals surface area contributed by atoms with Gasteiger partial charge in [0.15, 0.2) is 0 Å². The van der Waals surface area contributed by atoms with E-state index in [9.17, 15) is 0 Å². The van der Waals surface area contributed by atoms with Crippen LogP contribution in [0.1, 0.15) is 51.9 Å². The smallest absolute Gasteiger partial charge is 0.0225 e. The van der Waals surface area contributed by atoms with Gasteiger partial charge in [-0.05, 0) is 51.1 Å². The Morgan fingerprint density at radius 2 is 1.88 bits per heavy atom. The quantitative estimate of drug-likeness (QED) is 0.609. The molecule has 1 aliphatic rings. The Bertz CT molecular complexity index is 166. The molecule has 16 heavy (non-hydrogen) atoms. The third-order valence-corrected chi connectivity index (χ3v) is 4.12. The molecule has 0 amide bonds. The van der Waals surface area contributed by atoms with Crippen LogP contribution in [-0.2, 0) is 0 Å². The zero-order valence-electron chi connectivity index (χ0n) is 11.1. The van der Waals surface area contributed by atoms with E-state index >= 15 is 0 Å². The molecule has 1 atom stereocenters. The lowest BCUT2D eigenvalue weighted by molar-refractivity contribution is 0.223. The summed E-state index contributed by atoms with van der Waals surface area (Å²) >= 11 is 5.75. The van der Waals surface area contributed by atoms with Crippen LogP contribution in [0.3, 0.4) is 0 Å². The number of nitrogens with zero attached hydrogens (tertiary/aromatic N) is 1. The molecule has 0 spiro atoms.